The fourth-order valence-electron chi connectivity index (χ4n) is 3.00. The summed E-state index contributed by atoms with van der Waals surface area (Å²) in [5.74, 6) is -0.353. The van der Waals surface area contributed by atoms with E-state index in [-0.39, 0.29) is 21.5 Å². The lowest BCUT2D eigenvalue weighted by Gasteiger charge is -2.19. The third-order valence-electron chi connectivity index (χ3n) is 4.66. The maximum atomic E-state index is 12.7. The minimum Gasteiger partial charge on any atom is -0.375 e. The summed E-state index contributed by atoms with van der Waals surface area (Å²) < 4.78 is 26.8. The molecule has 0 fully saturated rings. The highest BCUT2D eigenvalue weighted by Crippen LogP contribution is 2.27. The first-order valence-electron chi connectivity index (χ1n) is 9.66. The van der Waals surface area contributed by atoms with Crippen LogP contribution in [0, 0.1) is 0 Å². The Kier molecular flexibility index (Phi) is 8.07. The van der Waals surface area contributed by atoms with E-state index < -0.39 is 10.0 Å². The number of halogens is 1. The number of benzene rings is 2. The Morgan fingerprint density at radius 3 is 2.21 bits per heavy atom. The molecule has 1 N–H and O–H groups in total. The van der Waals surface area contributed by atoms with Crippen LogP contribution in [-0.4, -0.2) is 45.3 Å². The van der Waals surface area contributed by atoms with Gasteiger partial charge in [0.1, 0.15) is 0 Å². The quantitative estimate of drug-likeness (QED) is 0.628. The van der Waals surface area contributed by atoms with Crippen LogP contribution in [0.4, 0.5) is 11.4 Å². The Labute approximate surface area is 178 Å². The Balaban J connectivity index is 2.24. The lowest BCUT2D eigenvalue weighted by atomic mass is 10.1. The van der Waals surface area contributed by atoms with Crippen LogP contribution >= 0.6 is 11.6 Å². The standard InChI is InChI=1S/C21H28ClN3O3S/c1-5-14-24(4)17-10-8-16(9-11-17)21(26)23-20-15-18(12-13-19(20)22)29(27,28)25(6-2)7-3/h8-13,15H,5-7,14H2,1-4H3,(H,23,26). The van der Waals surface area contributed by atoms with E-state index >= 15 is 0 Å². The molecule has 0 spiro atoms. The number of hydrogen-bond donors (Lipinski definition) is 1. The van der Waals surface area contributed by atoms with Crippen LogP contribution in [0.5, 0.6) is 0 Å². The zero-order valence-corrected chi connectivity index (χ0v) is 18.8. The van der Waals surface area contributed by atoms with Gasteiger partial charge in [-0.05, 0) is 48.9 Å². The highest BCUT2D eigenvalue weighted by Gasteiger charge is 2.23. The number of rotatable bonds is 9. The van der Waals surface area contributed by atoms with Crippen LogP contribution in [-0.2, 0) is 10.0 Å². The van der Waals surface area contributed by atoms with Crippen molar-refractivity contribution in [1.29, 1.82) is 0 Å². The van der Waals surface area contributed by atoms with Crippen molar-refractivity contribution < 1.29 is 13.2 Å². The van der Waals surface area contributed by atoms with Crippen LogP contribution in [0.2, 0.25) is 5.02 Å². The molecule has 0 aromatic heterocycles. The van der Waals surface area contributed by atoms with Gasteiger partial charge in [-0.2, -0.15) is 4.31 Å². The maximum absolute atomic E-state index is 12.7. The van der Waals surface area contributed by atoms with Gasteiger partial charge in [-0.3, -0.25) is 4.79 Å². The Morgan fingerprint density at radius 1 is 1.03 bits per heavy atom. The second kappa shape index (κ2) is 10.1. The molecule has 0 radical (unpaired) electrons. The van der Waals surface area contributed by atoms with Crippen LogP contribution < -0.4 is 10.2 Å². The van der Waals surface area contributed by atoms with Gasteiger partial charge >= 0.3 is 0 Å². The first-order valence-corrected chi connectivity index (χ1v) is 11.5. The van der Waals surface area contributed by atoms with Crippen LogP contribution in [0.3, 0.4) is 0 Å². The number of sulfonamides is 1. The number of nitrogens with zero attached hydrogens (tertiary/aromatic N) is 2. The fourth-order valence-corrected chi connectivity index (χ4v) is 4.65. The smallest absolute Gasteiger partial charge is 0.255 e. The molecule has 29 heavy (non-hydrogen) atoms. The molecule has 0 aliphatic heterocycles. The largest absolute Gasteiger partial charge is 0.375 e. The summed E-state index contributed by atoms with van der Waals surface area (Å²) in [6, 6.07) is 11.6. The molecular formula is C21H28ClN3O3S. The van der Waals surface area contributed by atoms with Crippen molar-refractivity contribution in [2.75, 3.05) is 36.9 Å². The van der Waals surface area contributed by atoms with Gasteiger partial charge < -0.3 is 10.2 Å². The fraction of sp³-hybridized carbons (Fsp3) is 0.381. The lowest BCUT2D eigenvalue weighted by molar-refractivity contribution is 0.102. The molecule has 0 saturated heterocycles. The number of nitrogens with one attached hydrogen (secondary N) is 1. The predicted octanol–water partition coefficient (Wildman–Crippen LogP) is 4.47. The van der Waals surface area contributed by atoms with Gasteiger partial charge in [-0.25, -0.2) is 8.42 Å². The van der Waals surface area contributed by atoms with Crippen molar-refractivity contribution in [1.82, 2.24) is 4.31 Å². The van der Waals surface area contributed by atoms with Gasteiger partial charge in [0.25, 0.3) is 5.91 Å². The predicted molar refractivity (Wildman–Crippen MR) is 120 cm³/mol. The van der Waals surface area contributed by atoms with Crippen LogP contribution in [0.25, 0.3) is 0 Å². The molecule has 0 aliphatic rings. The topological polar surface area (TPSA) is 69.7 Å². The molecule has 6 nitrogen and oxygen atoms in total. The van der Waals surface area contributed by atoms with Crippen molar-refractivity contribution >= 4 is 38.9 Å². The molecule has 0 unspecified atom stereocenters. The molecule has 8 heteroatoms. The van der Waals surface area contributed by atoms with E-state index in [0.29, 0.717) is 18.7 Å². The first-order chi connectivity index (χ1) is 13.7. The molecule has 2 rings (SSSR count). The molecule has 0 heterocycles. The van der Waals surface area contributed by atoms with E-state index in [1.54, 1.807) is 26.0 Å². The summed E-state index contributed by atoms with van der Waals surface area (Å²) in [5, 5.41) is 2.99. The molecule has 1 amide bonds. The van der Waals surface area contributed by atoms with Crippen molar-refractivity contribution in [3.8, 4) is 0 Å². The summed E-state index contributed by atoms with van der Waals surface area (Å²) in [6.07, 6.45) is 1.03. The summed E-state index contributed by atoms with van der Waals surface area (Å²) in [6.45, 7) is 7.32. The van der Waals surface area contributed by atoms with Crippen molar-refractivity contribution in [2.24, 2.45) is 0 Å². The number of carbonyl (C=O) groups excluding carboxylic acids is 1. The Bertz CT molecular complexity index is 942. The number of carbonyl (C=O) groups is 1. The molecule has 0 aliphatic carbocycles. The van der Waals surface area contributed by atoms with E-state index in [4.69, 9.17) is 11.6 Å². The van der Waals surface area contributed by atoms with E-state index in [0.717, 1.165) is 18.7 Å². The molecule has 2 aromatic rings. The lowest BCUT2D eigenvalue weighted by Crippen LogP contribution is -2.30. The number of anilines is 2. The molecule has 0 bridgehead atoms. The van der Waals surface area contributed by atoms with E-state index in [1.807, 2.05) is 19.2 Å². The minimum atomic E-state index is -3.64. The number of amides is 1. The van der Waals surface area contributed by atoms with E-state index in [2.05, 4.69) is 17.1 Å². The van der Waals surface area contributed by atoms with E-state index in [1.165, 1.54) is 22.5 Å². The second-order valence-corrected chi connectivity index (χ2v) is 9.00. The molecule has 158 valence electrons. The zero-order chi connectivity index (χ0) is 21.6. The summed E-state index contributed by atoms with van der Waals surface area (Å²) in [4.78, 5) is 14.8. The maximum Gasteiger partial charge on any atom is 0.255 e. The van der Waals surface area contributed by atoms with Crippen molar-refractivity contribution in [3.05, 3.63) is 53.1 Å². The van der Waals surface area contributed by atoms with Crippen LogP contribution in [0.1, 0.15) is 37.6 Å². The average Bonchev–Trinajstić information content (AvgIpc) is 2.70. The SMILES string of the molecule is CCCN(C)c1ccc(C(=O)Nc2cc(S(=O)(=O)N(CC)CC)ccc2Cl)cc1. The van der Waals surface area contributed by atoms with Crippen molar-refractivity contribution in [2.45, 2.75) is 32.1 Å². The molecule has 0 saturated carbocycles. The second-order valence-electron chi connectivity index (χ2n) is 6.65. The Morgan fingerprint density at radius 2 is 1.66 bits per heavy atom. The monoisotopic (exact) mass is 437 g/mol. The summed E-state index contributed by atoms with van der Waals surface area (Å²) >= 11 is 6.20. The van der Waals surface area contributed by atoms with Crippen LogP contribution in [0.15, 0.2) is 47.4 Å². The third kappa shape index (κ3) is 5.50. The number of hydrogen-bond acceptors (Lipinski definition) is 4. The molecule has 0 atom stereocenters. The van der Waals surface area contributed by atoms with E-state index in [9.17, 15) is 13.2 Å². The molecule has 2 aromatic carbocycles. The summed E-state index contributed by atoms with van der Waals surface area (Å²) in [7, 11) is -1.64. The molecular weight excluding hydrogens is 410 g/mol. The minimum absolute atomic E-state index is 0.0949. The van der Waals surface area contributed by atoms with Gasteiger partial charge in [-0.1, -0.05) is 32.4 Å². The van der Waals surface area contributed by atoms with Gasteiger partial charge in [0, 0.05) is 37.9 Å². The summed E-state index contributed by atoms with van der Waals surface area (Å²) in [5.41, 5.74) is 1.75. The average molecular weight is 438 g/mol. The highest BCUT2D eigenvalue weighted by atomic mass is 35.5. The van der Waals surface area contributed by atoms with Crippen molar-refractivity contribution in [3.63, 3.8) is 0 Å². The highest BCUT2D eigenvalue weighted by molar-refractivity contribution is 7.89. The first kappa shape index (κ1) is 23.2. The normalized spacial score (nSPS) is 11.5. The third-order valence-corrected chi connectivity index (χ3v) is 7.03. The van der Waals surface area contributed by atoms with Gasteiger partial charge in [0.2, 0.25) is 10.0 Å². The van der Waals surface area contributed by atoms with Gasteiger partial charge in [-0.15, -0.1) is 0 Å². The zero-order valence-electron chi connectivity index (χ0n) is 17.3. The van der Waals surface area contributed by atoms with Gasteiger partial charge in [0.15, 0.2) is 0 Å². The van der Waals surface area contributed by atoms with Gasteiger partial charge in [0.05, 0.1) is 15.6 Å². The Hall–Kier alpha value is -2.09.